The Morgan fingerprint density at radius 2 is 1.72 bits per heavy atom. The number of nitrogens with one attached hydrogen (secondary N) is 1. The lowest BCUT2D eigenvalue weighted by Crippen LogP contribution is -2.42. The summed E-state index contributed by atoms with van der Waals surface area (Å²) in [5, 5.41) is 3.24. The lowest BCUT2D eigenvalue weighted by atomic mass is 9.91. The maximum Gasteiger partial charge on any atom is 0.256 e. The van der Waals surface area contributed by atoms with Crippen LogP contribution in [0.4, 0.5) is 5.69 Å². The van der Waals surface area contributed by atoms with Gasteiger partial charge in [0.25, 0.3) is 5.91 Å². The lowest BCUT2D eigenvalue weighted by Gasteiger charge is -2.35. The molecule has 0 bridgehead atoms. The van der Waals surface area contributed by atoms with Crippen molar-refractivity contribution in [2.75, 3.05) is 31.5 Å². The third-order valence-electron chi connectivity index (χ3n) is 5.32. The van der Waals surface area contributed by atoms with E-state index in [1.807, 2.05) is 18.7 Å². The Balaban J connectivity index is 2.09. The van der Waals surface area contributed by atoms with Gasteiger partial charge in [-0.1, -0.05) is 25.4 Å². The van der Waals surface area contributed by atoms with Gasteiger partial charge in [-0.15, -0.1) is 0 Å². The van der Waals surface area contributed by atoms with Crippen LogP contribution in [0.2, 0.25) is 5.02 Å². The van der Waals surface area contributed by atoms with Gasteiger partial charge in [-0.2, -0.15) is 0 Å². The first kappa shape index (κ1) is 23.2. The van der Waals surface area contributed by atoms with E-state index in [0.29, 0.717) is 54.3 Å². The molecule has 2 rings (SSSR count). The van der Waals surface area contributed by atoms with Gasteiger partial charge >= 0.3 is 0 Å². The van der Waals surface area contributed by atoms with E-state index in [9.17, 15) is 14.4 Å². The zero-order valence-electron chi connectivity index (χ0n) is 17.8. The van der Waals surface area contributed by atoms with E-state index >= 15 is 0 Å². The molecule has 0 spiro atoms. The molecule has 1 aromatic carbocycles. The fraction of sp³-hybridized carbons (Fsp3) is 0.591. The topological polar surface area (TPSA) is 69.7 Å². The predicted octanol–water partition coefficient (Wildman–Crippen LogP) is 4.05. The van der Waals surface area contributed by atoms with Crippen molar-refractivity contribution in [3.8, 4) is 0 Å². The Hall–Kier alpha value is -2.08. The van der Waals surface area contributed by atoms with E-state index in [0.717, 1.165) is 6.42 Å². The summed E-state index contributed by atoms with van der Waals surface area (Å²) in [5.41, 5.74) is 0.827. The van der Waals surface area contributed by atoms with E-state index in [4.69, 9.17) is 11.6 Å². The van der Waals surface area contributed by atoms with Crippen LogP contribution in [0.25, 0.3) is 0 Å². The Labute approximate surface area is 178 Å². The molecule has 1 heterocycles. The van der Waals surface area contributed by atoms with Crippen molar-refractivity contribution >= 4 is 35.0 Å². The fourth-order valence-corrected chi connectivity index (χ4v) is 4.14. The van der Waals surface area contributed by atoms with Crippen LogP contribution in [0.3, 0.4) is 0 Å². The van der Waals surface area contributed by atoms with Crippen LogP contribution in [0, 0.1) is 11.8 Å². The highest BCUT2D eigenvalue weighted by atomic mass is 35.5. The molecular weight excluding hydrogens is 390 g/mol. The minimum Gasteiger partial charge on any atom is -0.343 e. The molecule has 0 aromatic heterocycles. The second kappa shape index (κ2) is 10.6. The van der Waals surface area contributed by atoms with Gasteiger partial charge in [0, 0.05) is 44.0 Å². The van der Waals surface area contributed by atoms with Crippen LogP contribution < -0.4 is 5.32 Å². The molecule has 0 aliphatic carbocycles. The highest BCUT2D eigenvalue weighted by Crippen LogP contribution is 2.27. The molecule has 1 fully saturated rings. The van der Waals surface area contributed by atoms with E-state index < -0.39 is 0 Å². The Morgan fingerprint density at radius 1 is 1.10 bits per heavy atom. The molecule has 29 heavy (non-hydrogen) atoms. The molecule has 2 atom stereocenters. The predicted molar refractivity (Wildman–Crippen MR) is 116 cm³/mol. The number of anilines is 1. The van der Waals surface area contributed by atoms with Crippen molar-refractivity contribution in [2.24, 2.45) is 11.8 Å². The number of hydrogen-bond acceptors (Lipinski definition) is 3. The molecule has 1 aliphatic heterocycles. The highest BCUT2D eigenvalue weighted by molar-refractivity contribution is 6.31. The molecule has 1 N–H and O–H groups in total. The number of rotatable bonds is 7. The first-order chi connectivity index (χ1) is 13.7. The maximum atomic E-state index is 13.1. The van der Waals surface area contributed by atoms with Crippen LogP contribution in [0.15, 0.2) is 18.2 Å². The van der Waals surface area contributed by atoms with E-state index in [1.54, 1.807) is 23.1 Å². The standard InChI is InChI=1S/C22H32ClN3O3/c1-5-25(6-2)21(28)10-9-20(27)24-19-8-7-17(23)12-18(19)22(29)26-13-15(3)11-16(4)14-26/h7-8,12,15-16H,5-6,9-11,13-14H2,1-4H3,(H,24,27)/t15-,16+. The molecule has 7 heteroatoms. The first-order valence-corrected chi connectivity index (χ1v) is 10.8. The van der Waals surface area contributed by atoms with Crippen LogP contribution in [-0.4, -0.2) is 53.7 Å². The van der Waals surface area contributed by atoms with Gasteiger partial charge in [0.1, 0.15) is 0 Å². The fourth-order valence-electron chi connectivity index (χ4n) is 3.97. The molecule has 6 nitrogen and oxygen atoms in total. The average Bonchev–Trinajstić information content (AvgIpc) is 2.67. The monoisotopic (exact) mass is 421 g/mol. The van der Waals surface area contributed by atoms with Crippen molar-refractivity contribution in [2.45, 2.75) is 47.0 Å². The van der Waals surface area contributed by atoms with Gasteiger partial charge in [0.2, 0.25) is 11.8 Å². The molecular formula is C22H32ClN3O3. The smallest absolute Gasteiger partial charge is 0.256 e. The lowest BCUT2D eigenvalue weighted by molar-refractivity contribution is -0.132. The van der Waals surface area contributed by atoms with Gasteiger partial charge in [0.05, 0.1) is 11.3 Å². The van der Waals surface area contributed by atoms with Gasteiger partial charge in [0.15, 0.2) is 0 Å². The number of halogens is 1. The van der Waals surface area contributed by atoms with Crippen molar-refractivity contribution in [1.82, 2.24) is 9.80 Å². The summed E-state index contributed by atoms with van der Waals surface area (Å²) in [7, 11) is 0. The van der Waals surface area contributed by atoms with Gasteiger partial charge in [-0.05, 0) is 50.3 Å². The van der Waals surface area contributed by atoms with Gasteiger partial charge in [-0.25, -0.2) is 0 Å². The summed E-state index contributed by atoms with van der Waals surface area (Å²) in [6.45, 7) is 10.7. The minimum absolute atomic E-state index is 0.0474. The number of carbonyl (C=O) groups excluding carboxylic acids is 3. The van der Waals surface area contributed by atoms with Crippen molar-refractivity contribution in [3.05, 3.63) is 28.8 Å². The number of amides is 3. The third kappa shape index (κ3) is 6.46. The Kier molecular flexibility index (Phi) is 8.50. The van der Waals surface area contributed by atoms with Gasteiger partial charge in [-0.3, -0.25) is 14.4 Å². The summed E-state index contributed by atoms with van der Waals surface area (Å²) in [6, 6.07) is 4.90. The number of hydrogen-bond donors (Lipinski definition) is 1. The summed E-state index contributed by atoms with van der Waals surface area (Å²) >= 11 is 6.13. The SMILES string of the molecule is CCN(CC)C(=O)CCC(=O)Nc1ccc(Cl)cc1C(=O)N1C[C@H](C)C[C@H](C)C1. The maximum absolute atomic E-state index is 13.1. The van der Waals surface area contributed by atoms with Crippen molar-refractivity contribution < 1.29 is 14.4 Å². The van der Waals surface area contributed by atoms with E-state index in [2.05, 4.69) is 19.2 Å². The van der Waals surface area contributed by atoms with Gasteiger partial charge < -0.3 is 15.1 Å². The molecule has 1 aromatic rings. The molecule has 0 radical (unpaired) electrons. The summed E-state index contributed by atoms with van der Waals surface area (Å²) in [4.78, 5) is 41.2. The zero-order chi connectivity index (χ0) is 21.6. The van der Waals surface area contributed by atoms with Crippen LogP contribution >= 0.6 is 11.6 Å². The van der Waals surface area contributed by atoms with E-state index in [-0.39, 0.29) is 30.6 Å². The summed E-state index contributed by atoms with van der Waals surface area (Å²) in [5.74, 6) is 0.411. The second-order valence-electron chi connectivity index (χ2n) is 7.96. The summed E-state index contributed by atoms with van der Waals surface area (Å²) in [6.07, 6.45) is 1.32. The number of likely N-dealkylation sites (tertiary alicyclic amines) is 1. The molecule has 3 amide bonds. The summed E-state index contributed by atoms with van der Waals surface area (Å²) < 4.78 is 0. The number of carbonyl (C=O) groups is 3. The second-order valence-corrected chi connectivity index (χ2v) is 8.40. The van der Waals surface area contributed by atoms with Crippen molar-refractivity contribution in [3.63, 3.8) is 0 Å². The van der Waals surface area contributed by atoms with Crippen molar-refractivity contribution in [1.29, 1.82) is 0 Å². The van der Waals surface area contributed by atoms with Crippen LogP contribution in [0.5, 0.6) is 0 Å². The number of piperidine rings is 1. The highest BCUT2D eigenvalue weighted by Gasteiger charge is 2.28. The van der Waals surface area contributed by atoms with Crippen LogP contribution in [-0.2, 0) is 9.59 Å². The largest absolute Gasteiger partial charge is 0.343 e. The quantitative estimate of drug-likeness (QED) is 0.722. The molecule has 160 valence electrons. The molecule has 1 aliphatic rings. The molecule has 0 unspecified atom stereocenters. The molecule has 1 saturated heterocycles. The Bertz CT molecular complexity index is 739. The molecule has 0 saturated carbocycles. The van der Waals surface area contributed by atoms with Crippen LogP contribution in [0.1, 0.15) is 57.3 Å². The first-order valence-electron chi connectivity index (χ1n) is 10.4. The number of benzene rings is 1. The third-order valence-corrected chi connectivity index (χ3v) is 5.56. The van der Waals surface area contributed by atoms with E-state index in [1.165, 1.54) is 0 Å². The average molecular weight is 422 g/mol. The Morgan fingerprint density at radius 3 is 2.31 bits per heavy atom. The minimum atomic E-state index is -0.290. The zero-order valence-corrected chi connectivity index (χ0v) is 18.6. The normalized spacial score (nSPS) is 19.0. The number of nitrogens with zero attached hydrogens (tertiary/aromatic N) is 2.